The first-order valence-electron chi connectivity index (χ1n) is 7.37. The summed E-state index contributed by atoms with van der Waals surface area (Å²) >= 11 is 3.20. The van der Waals surface area contributed by atoms with Gasteiger partial charge in [0.05, 0.1) is 12.0 Å². The molecule has 0 spiro atoms. The molecule has 0 N–H and O–H groups in total. The number of hydrogen-bond donors (Lipinski definition) is 0. The molecule has 0 saturated carbocycles. The maximum atomic E-state index is 5.53. The van der Waals surface area contributed by atoms with Gasteiger partial charge in [0.15, 0.2) is 11.5 Å². The Morgan fingerprint density at radius 3 is 2.71 bits per heavy atom. The number of aromatic nitrogens is 1. The van der Waals surface area contributed by atoms with Crippen molar-refractivity contribution in [2.45, 2.75) is 4.90 Å². The van der Waals surface area contributed by atoms with Crippen LogP contribution in [0.5, 0.6) is 17.2 Å². The summed E-state index contributed by atoms with van der Waals surface area (Å²) in [5.41, 5.74) is 3.27. The number of rotatable bonds is 4. The van der Waals surface area contributed by atoms with Crippen molar-refractivity contribution in [3.63, 3.8) is 0 Å². The van der Waals surface area contributed by atoms with E-state index in [0.717, 1.165) is 21.6 Å². The Balaban J connectivity index is 1.80. The van der Waals surface area contributed by atoms with Crippen LogP contribution in [-0.4, -0.2) is 24.5 Å². The lowest BCUT2D eigenvalue weighted by Crippen LogP contribution is -1.93. The van der Waals surface area contributed by atoms with Gasteiger partial charge in [0, 0.05) is 22.2 Å². The van der Waals surface area contributed by atoms with Gasteiger partial charge < -0.3 is 14.2 Å². The second-order valence-corrected chi connectivity index (χ2v) is 6.89. The molecule has 1 aliphatic rings. The van der Waals surface area contributed by atoms with E-state index < -0.39 is 0 Å². The molecule has 24 heavy (non-hydrogen) atoms. The van der Waals surface area contributed by atoms with E-state index in [1.165, 1.54) is 16.4 Å². The van der Waals surface area contributed by atoms with Crippen molar-refractivity contribution in [2.75, 3.05) is 20.2 Å². The number of ether oxygens (including phenoxy) is 3. The van der Waals surface area contributed by atoms with E-state index in [0.29, 0.717) is 17.2 Å². The minimum Gasteiger partial charge on any atom is -0.493 e. The molecule has 0 radical (unpaired) electrons. The van der Waals surface area contributed by atoms with E-state index >= 15 is 0 Å². The van der Waals surface area contributed by atoms with Gasteiger partial charge in [-0.2, -0.15) is 4.37 Å². The van der Waals surface area contributed by atoms with E-state index in [1.54, 1.807) is 18.9 Å². The first-order valence-corrected chi connectivity index (χ1v) is 9.37. The highest BCUT2D eigenvalue weighted by atomic mass is 32.2. The summed E-state index contributed by atoms with van der Waals surface area (Å²) in [6.07, 6.45) is 3.98. The molecule has 0 fully saturated rings. The van der Waals surface area contributed by atoms with E-state index in [9.17, 15) is 0 Å². The molecule has 0 aliphatic carbocycles. The summed E-state index contributed by atoms with van der Waals surface area (Å²) in [4.78, 5) is 2.33. The third-order valence-electron chi connectivity index (χ3n) is 3.89. The zero-order chi connectivity index (χ0) is 16.5. The van der Waals surface area contributed by atoms with Gasteiger partial charge in [-0.1, -0.05) is 12.1 Å². The zero-order valence-electron chi connectivity index (χ0n) is 13.2. The van der Waals surface area contributed by atoms with E-state index in [1.807, 2.05) is 18.3 Å². The van der Waals surface area contributed by atoms with Crippen LogP contribution in [0.2, 0.25) is 0 Å². The van der Waals surface area contributed by atoms with Crippen LogP contribution in [0, 0.1) is 0 Å². The minimum absolute atomic E-state index is 0.223. The highest BCUT2D eigenvalue weighted by molar-refractivity contribution is 7.98. The Morgan fingerprint density at radius 2 is 1.96 bits per heavy atom. The summed E-state index contributed by atoms with van der Waals surface area (Å²) in [5.74, 6) is 2.05. The van der Waals surface area contributed by atoms with Gasteiger partial charge in [0.2, 0.25) is 12.5 Å². The Bertz CT molecular complexity index is 874. The van der Waals surface area contributed by atoms with Crippen LogP contribution < -0.4 is 14.2 Å². The van der Waals surface area contributed by atoms with Crippen LogP contribution in [0.25, 0.3) is 21.6 Å². The maximum absolute atomic E-state index is 5.53. The van der Waals surface area contributed by atoms with Crippen LogP contribution in [0.15, 0.2) is 47.5 Å². The molecule has 3 aromatic rings. The Kier molecular flexibility index (Phi) is 4.08. The van der Waals surface area contributed by atoms with Crippen molar-refractivity contribution >= 4 is 23.3 Å². The number of benzene rings is 2. The largest absolute Gasteiger partial charge is 0.493 e. The first kappa shape index (κ1) is 15.4. The van der Waals surface area contributed by atoms with Gasteiger partial charge in [0.1, 0.15) is 0 Å². The van der Waals surface area contributed by atoms with Crippen LogP contribution >= 0.6 is 23.3 Å². The molecular formula is C18H15NO3S2. The quantitative estimate of drug-likeness (QED) is 0.619. The number of methoxy groups -OCH3 is 1. The summed E-state index contributed by atoms with van der Waals surface area (Å²) in [6.45, 7) is 0.223. The number of fused-ring (bicyclic) bond motifs is 1. The molecule has 2 aromatic carbocycles. The number of nitrogens with zero attached hydrogens (tertiary/aromatic N) is 1. The fraction of sp³-hybridized carbons (Fsp3) is 0.167. The van der Waals surface area contributed by atoms with Crippen molar-refractivity contribution in [1.82, 2.24) is 4.37 Å². The molecule has 0 atom stereocenters. The number of hydrogen-bond acceptors (Lipinski definition) is 6. The van der Waals surface area contributed by atoms with Gasteiger partial charge in [-0.15, -0.1) is 11.8 Å². The maximum Gasteiger partial charge on any atom is 0.231 e. The molecule has 122 valence electrons. The van der Waals surface area contributed by atoms with Gasteiger partial charge in [-0.25, -0.2) is 0 Å². The third kappa shape index (κ3) is 2.61. The zero-order valence-corrected chi connectivity index (χ0v) is 14.9. The standard InChI is InChI=1S/C18H15NO3S2/c1-20-15-7-12(8-16-17(15)22-10-21-16)18-14(9-19-24-18)11-3-5-13(23-2)6-4-11/h3-9H,10H2,1-2H3. The van der Waals surface area contributed by atoms with Crippen LogP contribution in [0.1, 0.15) is 0 Å². The predicted molar refractivity (Wildman–Crippen MR) is 97.4 cm³/mol. The average Bonchev–Trinajstić information content (AvgIpc) is 3.29. The fourth-order valence-electron chi connectivity index (χ4n) is 2.68. The molecule has 0 amide bonds. The first-order chi connectivity index (χ1) is 11.8. The van der Waals surface area contributed by atoms with Crippen molar-refractivity contribution in [3.8, 4) is 38.8 Å². The lowest BCUT2D eigenvalue weighted by molar-refractivity contribution is 0.171. The average molecular weight is 357 g/mol. The van der Waals surface area contributed by atoms with Crippen molar-refractivity contribution in [3.05, 3.63) is 42.6 Å². The van der Waals surface area contributed by atoms with Crippen molar-refractivity contribution < 1.29 is 14.2 Å². The molecule has 6 heteroatoms. The second-order valence-electron chi connectivity index (χ2n) is 5.21. The van der Waals surface area contributed by atoms with Crippen LogP contribution in [0.3, 0.4) is 0 Å². The van der Waals surface area contributed by atoms with Crippen LogP contribution in [0.4, 0.5) is 0 Å². The predicted octanol–water partition coefficient (Wildman–Crippen LogP) is 4.94. The lowest BCUT2D eigenvalue weighted by Gasteiger charge is -2.09. The van der Waals surface area contributed by atoms with Crippen molar-refractivity contribution in [2.24, 2.45) is 0 Å². The lowest BCUT2D eigenvalue weighted by atomic mass is 10.0. The van der Waals surface area contributed by atoms with Crippen LogP contribution in [-0.2, 0) is 0 Å². The smallest absolute Gasteiger partial charge is 0.231 e. The minimum atomic E-state index is 0.223. The highest BCUT2D eigenvalue weighted by Crippen LogP contribution is 2.46. The molecule has 0 bridgehead atoms. The normalized spacial score (nSPS) is 12.4. The molecule has 4 nitrogen and oxygen atoms in total. The SMILES string of the molecule is COc1cc(-c2sncc2-c2ccc(SC)cc2)cc2c1OCO2. The summed E-state index contributed by atoms with van der Waals surface area (Å²) in [7, 11) is 1.63. The monoisotopic (exact) mass is 357 g/mol. The summed E-state index contributed by atoms with van der Waals surface area (Å²) in [5, 5.41) is 0. The second kappa shape index (κ2) is 6.37. The van der Waals surface area contributed by atoms with E-state index in [4.69, 9.17) is 14.2 Å². The molecule has 2 heterocycles. The van der Waals surface area contributed by atoms with Gasteiger partial charge in [0.25, 0.3) is 0 Å². The van der Waals surface area contributed by atoms with Gasteiger partial charge >= 0.3 is 0 Å². The van der Waals surface area contributed by atoms with E-state index in [2.05, 4.69) is 34.9 Å². The van der Waals surface area contributed by atoms with Gasteiger partial charge in [-0.05, 0) is 47.6 Å². The molecule has 4 rings (SSSR count). The molecule has 0 unspecified atom stereocenters. The van der Waals surface area contributed by atoms with E-state index in [-0.39, 0.29) is 6.79 Å². The summed E-state index contributed by atoms with van der Waals surface area (Å²) in [6, 6.07) is 12.5. The molecule has 0 saturated heterocycles. The summed E-state index contributed by atoms with van der Waals surface area (Å²) < 4.78 is 20.8. The topological polar surface area (TPSA) is 40.6 Å². The molecule has 1 aromatic heterocycles. The van der Waals surface area contributed by atoms with Crippen molar-refractivity contribution in [1.29, 1.82) is 0 Å². The Labute approximate surface area is 148 Å². The molecular weight excluding hydrogens is 342 g/mol. The third-order valence-corrected chi connectivity index (χ3v) is 5.48. The highest BCUT2D eigenvalue weighted by Gasteiger charge is 2.22. The fourth-order valence-corrected chi connectivity index (χ4v) is 3.85. The van der Waals surface area contributed by atoms with Gasteiger partial charge in [-0.3, -0.25) is 0 Å². The number of thioether (sulfide) groups is 1. The molecule has 1 aliphatic heterocycles. The Hall–Kier alpha value is -2.18. The Morgan fingerprint density at radius 1 is 1.12 bits per heavy atom.